The Balaban J connectivity index is 2.47. The molecule has 13 heavy (non-hydrogen) atoms. The Labute approximate surface area is 100 Å². The number of piperidine rings is 1. The van der Waals surface area contributed by atoms with E-state index in [2.05, 4.69) is 38.5 Å². The van der Waals surface area contributed by atoms with Crippen molar-refractivity contribution in [3.63, 3.8) is 0 Å². The van der Waals surface area contributed by atoms with Gasteiger partial charge in [0.25, 0.3) is 0 Å². The lowest BCUT2D eigenvalue weighted by molar-refractivity contribution is 0.100. The molecule has 0 saturated carbocycles. The van der Waals surface area contributed by atoms with Crippen LogP contribution >= 0.6 is 38.5 Å². The maximum absolute atomic E-state index is 11.4. The second-order valence-electron chi connectivity index (χ2n) is 3.08. The number of hydrogen-bond acceptors (Lipinski definition) is 2. The van der Waals surface area contributed by atoms with Crippen LogP contribution in [-0.4, -0.2) is 33.0 Å². The zero-order valence-electron chi connectivity index (χ0n) is 7.56. The van der Waals surface area contributed by atoms with Gasteiger partial charge in [-0.1, -0.05) is 38.5 Å². The molecule has 0 spiro atoms. The van der Waals surface area contributed by atoms with Crippen LogP contribution in [0.2, 0.25) is 0 Å². The molecule has 0 aromatic carbocycles. The van der Waals surface area contributed by atoms with Gasteiger partial charge in [0.1, 0.15) is 0 Å². The van der Waals surface area contributed by atoms with E-state index in [1.807, 2.05) is 6.92 Å². The lowest BCUT2D eigenvalue weighted by atomic mass is 10.1. The van der Waals surface area contributed by atoms with Crippen LogP contribution in [0.5, 0.6) is 0 Å². The third-order valence-corrected chi connectivity index (χ3v) is 3.45. The first kappa shape index (κ1) is 11.6. The molecule has 0 aromatic rings. The van der Waals surface area contributed by atoms with Crippen molar-refractivity contribution in [3.05, 3.63) is 0 Å². The van der Waals surface area contributed by atoms with Crippen LogP contribution in [0, 0.1) is 0 Å². The molecule has 0 aliphatic carbocycles. The molecule has 1 unspecified atom stereocenters. The Kier molecular flexibility index (Phi) is 4.28. The van der Waals surface area contributed by atoms with E-state index in [9.17, 15) is 4.79 Å². The summed E-state index contributed by atoms with van der Waals surface area (Å²) in [7, 11) is 0. The monoisotopic (exact) mass is 361 g/mol. The molecule has 0 aromatic heterocycles. The van der Waals surface area contributed by atoms with Crippen molar-refractivity contribution >= 4 is 44.6 Å². The van der Waals surface area contributed by atoms with Gasteiger partial charge in [-0.05, 0) is 19.8 Å². The molecule has 0 N–H and O–H groups in total. The Morgan fingerprint density at radius 3 is 3.00 bits per heavy atom. The fourth-order valence-electron chi connectivity index (χ4n) is 1.34. The Bertz CT molecular complexity index is 199. The van der Waals surface area contributed by atoms with Gasteiger partial charge in [0, 0.05) is 13.1 Å². The topological polar surface area (TPSA) is 29.5 Å². The van der Waals surface area contributed by atoms with E-state index in [4.69, 9.17) is 4.74 Å². The van der Waals surface area contributed by atoms with E-state index in [0.717, 1.165) is 25.9 Å². The number of ether oxygens (including phenoxy) is 1. The van der Waals surface area contributed by atoms with Gasteiger partial charge in [-0.2, -0.15) is 0 Å². The summed E-state index contributed by atoms with van der Waals surface area (Å²) in [6, 6.07) is 0. The second kappa shape index (κ2) is 4.82. The fraction of sp³-hybridized carbons (Fsp3) is 0.875. The van der Waals surface area contributed by atoms with Crippen molar-refractivity contribution in [2.75, 3.05) is 19.7 Å². The molecule has 0 bridgehead atoms. The largest absolute Gasteiger partial charge is 0.450 e. The van der Waals surface area contributed by atoms with Crippen molar-refractivity contribution < 1.29 is 9.53 Å². The van der Waals surface area contributed by atoms with Crippen LogP contribution in [0.15, 0.2) is 0 Å². The Morgan fingerprint density at radius 1 is 1.77 bits per heavy atom. The summed E-state index contributed by atoms with van der Waals surface area (Å²) in [5, 5.41) is 0. The number of amides is 1. The number of carbonyl (C=O) groups is 1. The van der Waals surface area contributed by atoms with Crippen LogP contribution in [0.3, 0.4) is 0 Å². The van der Waals surface area contributed by atoms with Gasteiger partial charge < -0.3 is 9.64 Å². The van der Waals surface area contributed by atoms with E-state index < -0.39 is 0 Å². The average Bonchev–Trinajstić information content (AvgIpc) is 2.03. The summed E-state index contributed by atoms with van der Waals surface area (Å²) in [6.45, 7) is 3.82. The number of carbonyl (C=O) groups excluding carboxylic acids is 1. The highest BCUT2D eigenvalue weighted by molar-refractivity contribution is 14.1. The van der Waals surface area contributed by atoms with Crippen LogP contribution in [0.4, 0.5) is 4.79 Å². The maximum Gasteiger partial charge on any atom is 0.409 e. The number of rotatable bonds is 1. The molecular weight excluding hydrogens is 349 g/mol. The first-order valence-electron chi connectivity index (χ1n) is 4.35. The van der Waals surface area contributed by atoms with Crippen molar-refractivity contribution in [1.82, 2.24) is 4.90 Å². The molecule has 76 valence electrons. The van der Waals surface area contributed by atoms with Crippen LogP contribution in [0.1, 0.15) is 19.8 Å². The highest BCUT2D eigenvalue weighted by Crippen LogP contribution is 2.36. The smallest absolute Gasteiger partial charge is 0.409 e. The molecule has 1 heterocycles. The lowest BCUT2D eigenvalue weighted by Crippen LogP contribution is -2.44. The van der Waals surface area contributed by atoms with Gasteiger partial charge in [0.05, 0.1) is 8.94 Å². The van der Waals surface area contributed by atoms with Crippen molar-refractivity contribution in [2.24, 2.45) is 0 Å². The van der Waals surface area contributed by atoms with Gasteiger partial charge in [-0.15, -0.1) is 0 Å². The first-order valence-corrected chi connectivity index (χ1v) is 6.22. The van der Waals surface area contributed by atoms with E-state index in [-0.39, 0.29) is 8.42 Å². The van der Waals surface area contributed by atoms with Gasteiger partial charge >= 0.3 is 6.09 Å². The van der Waals surface area contributed by atoms with E-state index in [1.165, 1.54) is 0 Å². The zero-order valence-corrected chi connectivity index (χ0v) is 11.3. The quantitative estimate of drug-likeness (QED) is 0.531. The zero-order chi connectivity index (χ0) is 9.90. The fourth-order valence-corrected chi connectivity index (χ4v) is 2.71. The number of halogens is 2. The van der Waals surface area contributed by atoms with Crippen LogP contribution in [0.25, 0.3) is 0 Å². The van der Waals surface area contributed by atoms with Gasteiger partial charge in [0.15, 0.2) is 0 Å². The summed E-state index contributed by atoms with van der Waals surface area (Å²) < 4.78 is 4.97. The van der Waals surface area contributed by atoms with E-state index >= 15 is 0 Å². The summed E-state index contributed by atoms with van der Waals surface area (Å²) >= 11 is 5.92. The predicted octanol–water partition coefficient (Wildman–Crippen LogP) is 2.76. The third kappa shape index (κ3) is 3.61. The van der Waals surface area contributed by atoms with Gasteiger partial charge in [0.2, 0.25) is 0 Å². The molecule has 1 rings (SSSR count). The average molecular weight is 362 g/mol. The molecule has 1 amide bonds. The van der Waals surface area contributed by atoms with Crippen molar-refractivity contribution in [1.29, 1.82) is 0 Å². The summed E-state index contributed by atoms with van der Waals surface area (Å²) in [5.74, 6) is 0. The van der Waals surface area contributed by atoms with E-state index in [0.29, 0.717) is 6.61 Å². The summed E-state index contributed by atoms with van der Waals surface area (Å²) in [6.07, 6.45) is 1.94. The minimum absolute atomic E-state index is 0.0375. The van der Waals surface area contributed by atoms with Crippen LogP contribution < -0.4 is 0 Å². The highest BCUT2D eigenvalue weighted by atomic mass is 127. The number of alkyl halides is 2. The third-order valence-electron chi connectivity index (χ3n) is 1.92. The number of hydrogen-bond donors (Lipinski definition) is 0. The lowest BCUT2D eigenvalue weighted by Gasteiger charge is -2.34. The van der Waals surface area contributed by atoms with Gasteiger partial charge in [-0.3, -0.25) is 0 Å². The van der Waals surface area contributed by atoms with Gasteiger partial charge in [-0.25, -0.2) is 4.79 Å². The van der Waals surface area contributed by atoms with Crippen molar-refractivity contribution in [2.45, 2.75) is 22.1 Å². The maximum atomic E-state index is 11.4. The Morgan fingerprint density at radius 2 is 2.46 bits per heavy atom. The van der Waals surface area contributed by atoms with Crippen molar-refractivity contribution in [3.8, 4) is 0 Å². The standard InChI is InChI=1S/C8H13BrINO2/c1-2-13-7(12)11-5-3-4-8(9,10)6-11/h2-6H2,1H3. The Hall–Kier alpha value is 0.480. The molecule has 3 nitrogen and oxygen atoms in total. The normalized spacial score (nSPS) is 28.7. The molecule has 1 saturated heterocycles. The number of nitrogens with zero attached hydrogens (tertiary/aromatic N) is 1. The van der Waals surface area contributed by atoms with Crippen LogP contribution in [-0.2, 0) is 4.74 Å². The highest BCUT2D eigenvalue weighted by Gasteiger charge is 2.32. The second-order valence-corrected chi connectivity index (χ2v) is 8.15. The molecular formula is C8H13BrINO2. The molecule has 1 aliphatic heterocycles. The summed E-state index contributed by atoms with van der Waals surface area (Å²) in [5.41, 5.74) is 0. The SMILES string of the molecule is CCOC(=O)N1CCCC(Br)(I)C1. The first-order chi connectivity index (χ1) is 6.05. The molecule has 5 heteroatoms. The number of likely N-dealkylation sites (tertiary alicyclic amines) is 1. The molecule has 1 aliphatic rings. The van der Waals surface area contributed by atoms with E-state index in [1.54, 1.807) is 4.90 Å². The molecule has 1 atom stereocenters. The minimum Gasteiger partial charge on any atom is -0.450 e. The minimum atomic E-state index is -0.192. The predicted molar refractivity (Wildman–Crippen MR) is 63.5 cm³/mol. The molecule has 1 fully saturated rings. The molecule has 0 radical (unpaired) electrons. The summed E-state index contributed by atoms with van der Waals surface area (Å²) in [4.78, 5) is 13.1.